The van der Waals surface area contributed by atoms with Crippen molar-refractivity contribution < 1.29 is 4.63 Å². The summed E-state index contributed by atoms with van der Waals surface area (Å²) in [7, 11) is 0. The Morgan fingerprint density at radius 2 is 1.91 bits per heavy atom. The standard InChI is InChI=1S/C25H23N9O/c1-2-18(23-19(3-1)32-35-33-23)29-21-12-16(6-7-28-21)24-30-20-14-27-13-17(15-4-5-15)22(20)25(31-24)34-10-8-26-9-11-34/h1-3,6-7,12-15,26H,4-5,8-11H2,(H,28,29). The Hall–Kier alpha value is -4.18. The van der Waals surface area contributed by atoms with Gasteiger partial charge in [-0.2, -0.15) is 0 Å². The number of nitrogens with zero attached hydrogens (tertiary/aromatic N) is 7. The van der Waals surface area contributed by atoms with Gasteiger partial charge in [0.1, 0.15) is 17.2 Å². The van der Waals surface area contributed by atoms with Gasteiger partial charge in [-0.05, 0) is 58.9 Å². The van der Waals surface area contributed by atoms with Gasteiger partial charge in [0.25, 0.3) is 0 Å². The van der Waals surface area contributed by atoms with E-state index in [0.717, 1.165) is 54.2 Å². The van der Waals surface area contributed by atoms with Crippen molar-refractivity contribution in [3.8, 4) is 11.4 Å². The van der Waals surface area contributed by atoms with Gasteiger partial charge in [0.05, 0.1) is 17.4 Å². The van der Waals surface area contributed by atoms with E-state index in [9.17, 15) is 0 Å². The fourth-order valence-corrected chi connectivity index (χ4v) is 4.71. The van der Waals surface area contributed by atoms with Crippen LogP contribution < -0.4 is 15.5 Å². The quantitative estimate of drug-likeness (QED) is 0.398. The molecule has 1 aliphatic carbocycles. The minimum Gasteiger partial charge on any atom is -0.353 e. The van der Waals surface area contributed by atoms with E-state index in [0.29, 0.717) is 28.6 Å². The van der Waals surface area contributed by atoms with Crippen LogP contribution in [0.2, 0.25) is 0 Å². The smallest absolute Gasteiger partial charge is 0.162 e. The predicted molar refractivity (Wildman–Crippen MR) is 133 cm³/mol. The molecular weight excluding hydrogens is 442 g/mol. The lowest BCUT2D eigenvalue weighted by Crippen LogP contribution is -2.44. The van der Waals surface area contributed by atoms with Crippen LogP contribution in [0.1, 0.15) is 24.3 Å². The van der Waals surface area contributed by atoms with E-state index in [1.165, 1.54) is 18.4 Å². The molecule has 0 atom stereocenters. The minimum atomic E-state index is 0.563. The molecule has 0 bridgehead atoms. The number of benzene rings is 1. The van der Waals surface area contributed by atoms with Gasteiger partial charge in [0.15, 0.2) is 11.3 Å². The average molecular weight is 466 g/mol. The summed E-state index contributed by atoms with van der Waals surface area (Å²) < 4.78 is 4.88. The number of hydrogen-bond donors (Lipinski definition) is 2. The lowest BCUT2D eigenvalue weighted by atomic mass is 10.1. The number of anilines is 3. The number of nitrogens with one attached hydrogen (secondary N) is 2. The lowest BCUT2D eigenvalue weighted by Gasteiger charge is -2.30. The summed E-state index contributed by atoms with van der Waals surface area (Å²) in [6.07, 6.45) is 8.03. The number of hydrogen-bond acceptors (Lipinski definition) is 10. The van der Waals surface area contributed by atoms with E-state index in [1.807, 2.05) is 42.7 Å². The van der Waals surface area contributed by atoms with E-state index in [2.05, 4.69) is 35.8 Å². The highest BCUT2D eigenvalue weighted by molar-refractivity contribution is 5.94. The summed E-state index contributed by atoms with van der Waals surface area (Å²) in [6.45, 7) is 3.71. The lowest BCUT2D eigenvalue weighted by molar-refractivity contribution is 0.315. The zero-order valence-corrected chi connectivity index (χ0v) is 19.0. The molecule has 2 aliphatic rings. The van der Waals surface area contributed by atoms with E-state index in [-0.39, 0.29) is 0 Å². The summed E-state index contributed by atoms with van der Waals surface area (Å²) >= 11 is 0. The number of aromatic nitrogens is 6. The van der Waals surface area contributed by atoms with Gasteiger partial charge in [-0.1, -0.05) is 6.07 Å². The maximum Gasteiger partial charge on any atom is 0.162 e. The molecule has 5 heterocycles. The van der Waals surface area contributed by atoms with Gasteiger partial charge in [-0.25, -0.2) is 19.6 Å². The van der Waals surface area contributed by atoms with E-state index < -0.39 is 0 Å². The van der Waals surface area contributed by atoms with Crippen molar-refractivity contribution in [3.05, 3.63) is 54.5 Å². The SMILES string of the molecule is c1cc(Nc2cc(-c3nc(N4CCNCC4)c4c(C5CC5)cncc4n3)ccn2)c2nonc2c1. The maximum absolute atomic E-state index is 5.12. The number of fused-ring (bicyclic) bond motifs is 2. The normalized spacial score (nSPS) is 16.2. The number of pyridine rings is 2. The van der Waals surface area contributed by atoms with Crippen molar-refractivity contribution in [2.24, 2.45) is 0 Å². The molecule has 0 radical (unpaired) electrons. The molecule has 1 aliphatic heterocycles. The molecule has 0 unspecified atom stereocenters. The summed E-state index contributed by atoms with van der Waals surface area (Å²) in [6, 6.07) is 9.55. The highest BCUT2D eigenvalue weighted by Crippen LogP contribution is 2.44. The van der Waals surface area contributed by atoms with Crippen LogP contribution >= 0.6 is 0 Å². The zero-order chi connectivity index (χ0) is 23.2. The van der Waals surface area contributed by atoms with Crippen LogP contribution in [-0.4, -0.2) is 56.4 Å². The first-order valence-corrected chi connectivity index (χ1v) is 11.9. The third-order valence-corrected chi connectivity index (χ3v) is 6.62. The van der Waals surface area contributed by atoms with Crippen molar-refractivity contribution in [3.63, 3.8) is 0 Å². The van der Waals surface area contributed by atoms with Crippen LogP contribution in [0.25, 0.3) is 33.3 Å². The third-order valence-electron chi connectivity index (χ3n) is 6.62. The molecule has 0 amide bonds. The molecule has 7 rings (SSSR count). The van der Waals surface area contributed by atoms with Crippen LogP contribution in [0.3, 0.4) is 0 Å². The van der Waals surface area contributed by atoms with Gasteiger partial charge in [-0.3, -0.25) is 4.98 Å². The molecule has 174 valence electrons. The first-order valence-electron chi connectivity index (χ1n) is 11.9. The second kappa shape index (κ2) is 8.24. The van der Waals surface area contributed by atoms with Crippen molar-refractivity contribution >= 4 is 39.3 Å². The van der Waals surface area contributed by atoms with Gasteiger partial charge in [-0.15, -0.1) is 0 Å². The molecule has 4 aromatic heterocycles. The number of piperazine rings is 1. The van der Waals surface area contributed by atoms with E-state index in [4.69, 9.17) is 14.6 Å². The fraction of sp³-hybridized carbons (Fsp3) is 0.280. The van der Waals surface area contributed by atoms with Crippen LogP contribution in [0.5, 0.6) is 0 Å². The highest BCUT2D eigenvalue weighted by atomic mass is 16.6. The van der Waals surface area contributed by atoms with Crippen molar-refractivity contribution in [1.29, 1.82) is 0 Å². The van der Waals surface area contributed by atoms with Crippen molar-refractivity contribution in [1.82, 2.24) is 35.6 Å². The maximum atomic E-state index is 5.12. The monoisotopic (exact) mass is 465 g/mol. The first kappa shape index (κ1) is 20.2. The van der Waals surface area contributed by atoms with Crippen LogP contribution in [-0.2, 0) is 0 Å². The molecule has 1 aromatic carbocycles. The van der Waals surface area contributed by atoms with Gasteiger partial charge < -0.3 is 15.5 Å². The molecule has 10 nitrogen and oxygen atoms in total. The van der Waals surface area contributed by atoms with E-state index in [1.54, 1.807) is 6.20 Å². The topological polar surface area (TPSA) is 118 Å². The molecule has 0 spiro atoms. The molecule has 5 aromatic rings. The third kappa shape index (κ3) is 3.71. The van der Waals surface area contributed by atoms with Crippen molar-refractivity contribution in [2.45, 2.75) is 18.8 Å². The van der Waals surface area contributed by atoms with Gasteiger partial charge in [0.2, 0.25) is 0 Å². The predicted octanol–water partition coefficient (Wildman–Crippen LogP) is 3.65. The Bertz CT molecular complexity index is 1540. The zero-order valence-electron chi connectivity index (χ0n) is 19.0. The fourth-order valence-electron chi connectivity index (χ4n) is 4.71. The molecule has 10 heteroatoms. The minimum absolute atomic E-state index is 0.563. The Kier molecular flexibility index (Phi) is 4.76. The second-order valence-corrected chi connectivity index (χ2v) is 9.00. The van der Waals surface area contributed by atoms with Crippen LogP contribution in [0.15, 0.2) is 53.6 Å². The van der Waals surface area contributed by atoms with Crippen LogP contribution in [0.4, 0.5) is 17.3 Å². The van der Waals surface area contributed by atoms with Crippen LogP contribution in [0, 0.1) is 0 Å². The van der Waals surface area contributed by atoms with Gasteiger partial charge in [0, 0.05) is 49.5 Å². The van der Waals surface area contributed by atoms with Crippen molar-refractivity contribution in [2.75, 3.05) is 36.4 Å². The Morgan fingerprint density at radius 1 is 1.00 bits per heavy atom. The summed E-state index contributed by atoms with van der Waals surface area (Å²) in [5.74, 6) is 2.89. The largest absolute Gasteiger partial charge is 0.353 e. The summed E-state index contributed by atoms with van der Waals surface area (Å²) in [4.78, 5) is 21.5. The average Bonchev–Trinajstić information content (AvgIpc) is 3.64. The first-order chi connectivity index (χ1) is 17.3. The Labute approximate surface area is 200 Å². The van der Waals surface area contributed by atoms with E-state index >= 15 is 0 Å². The van der Waals surface area contributed by atoms with Gasteiger partial charge >= 0.3 is 0 Å². The number of rotatable bonds is 5. The molecule has 2 N–H and O–H groups in total. The molecule has 1 saturated heterocycles. The highest BCUT2D eigenvalue weighted by Gasteiger charge is 2.29. The molecule has 35 heavy (non-hydrogen) atoms. The Balaban J connectivity index is 1.32. The Morgan fingerprint density at radius 3 is 2.80 bits per heavy atom. The summed E-state index contributed by atoms with van der Waals surface area (Å²) in [5, 5.41) is 15.8. The second-order valence-electron chi connectivity index (χ2n) is 9.00. The molecular formula is C25H23N9O. The molecule has 1 saturated carbocycles. The summed E-state index contributed by atoms with van der Waals surface area (Å²) in [5.41, 5.74) is 5.15. The molecule has 2 fully saturated rings.